The Morgan fingerprint density at radius 2 is 1.55 bits per heavy atom. The molecule has 1 aliphatic heterocycles. The maximum Gasteiger partial charge on any atom is 0.237 e. The highest BCUT2D eigenvalue weighted by molar-refractivity contribution is 7.94. The zero-order valence-electron chi connectivity index (χ0n) is 17.3. The highest BCUT2D eigenvalue weighted by Gasteiger charge is 2.28. The normalized spacial score (nSPS) is 15.7. The second kappa shape index (κ2) is 9.05. The third-order valence-corrected chi connectivity index (χ3v) is 6.95. The van der Waals surface area contributed by atoms with Crippen molar-refractivity contribution in [3.05, 3.63) is 54.1 Å². The van der Waals surface area contributed by atoms with E-state index in [4.69, 9.17) is 9.47 Å². The van der Waals surface area contributed by atoms with Crippen LogP contribution in [0.25, 0.3) is 0 Å². The predicted octanol–water partition coefficient (Wildman–Crippen LogP) is 4.40. The van der Waals surface area contributed by atoms with Gasteiger partial charge in [0.05, 0.1) is 18.0 Å². The molecule has 0 spiro atoms. The minimum atomic E-state index is -3.42. The summed E-state index contributed by atoms with van der Waals surface area (Å²) >= 11 is 0. The molecule has 1 saturated heterocycles. The van der Waals surface area contributed by atoms with Crippen molar-refractivity contribution in [3.8, 4) is 5.75 Å². The molecule has 2 aromatic rings. The highest BCUT2D eigenvalue weighted by atomic mass is 32.2. The fourth-order valence-electron chi connectivity index (χ4n) is 2.84. The maximum absolute atomic E-state index is 12.2. The molecule has 1 heterocycles. The van der Waals surface area contributed by atoms with E-state index in [2.05, 4.69) is 10.0 Å². The van der Waals surface area contributed by atoms with Crippen LogP contribution in [0.5, 0.6) is 5.75 Å². The summed E-state index contributed by atoms with van der Waals surface area (Å²) in [6.45, 7) is 7.20. The van der Waals surface area contributed by atoms with Gasteiger partial charge in [-0.05, 0) is 62.7 Å². The monoisotopic (exact) mass is 418 g/mol. The van der Waals surface area contributed by atoms with Crippen LogP contribution in [-0.2, 0) is 21.3 Å². The van der Waals surface area contributed by atoms with Crippen LogP contribution >= 0.6 is 0 Å². The number of sulfonamides is 1. The van der Waals surface area contributed by atoms with Crippen LogP contribution in [0.4, 0.5) is 11.4 Å². The van der Waals surface area contributed by atoms with Gasteiger partial charge in [0.1, 0.15) is 11.9 Å². The Morgan fingerprint density at radius 1 is 0.966 bits per heavy atom. The van der Waals surface area contributed by atoms with Crippen LogP contribution < -0.4 is 14.8 Å². The Labute approximate surface area is 173 Å². The first kappa shape index (κ1) is 21.5. The molecular weight excluding hydrogens is 388 g/mol. The topological polar surface area (TPSA) is 76.7 Å². The fourth-order valence-corrected chi connectivity index (χ4v) is 3.59. The number of hydrogen-bond acceptors (Lipinski definition) is 5. The molecule has 0 aromatic heterocycles. The quantitative estimate of drug-likeness (QED) is 0.697. The molecule has 7 heteroatoms. The lowest BCUT2D eigenvalue weighted by Gasteiger charge is -2.23. The van der Waals surface area contributed by atoms with Gasteiger partial charge in [-0.3, -0.25) is 4.72 Å². The van der Waals surface area contributed by atoms with E-state index < -0.39 is 14.8 Å². The SMILES string of the molecule is CC(C)(C)S(=O)(=O)Nc1ccc(CNc2ccc(OC3CCOCC3)cc2)cc1. The van der Waals surface area contributed by atoms with Gasteiger partial charge < -0.3 is 14.8 Å². The number of rotatable bonds is 7. The van der Waals surface area contributed by atoms with Crippen molar-refractivity contribution in [3.63, 3.8) is 0 Å². The summed E-state index contributed by atoms with van der Waals surface area (Å²) in [5.41, 5.74) is 2.63. The lowest BCUT2D eigenvalue weighted by atomic mass is 10.1. The highest BCUT2D eigenvalue weighted by Crippen LogP contribution is 2.22. The minimum absolute atomic E-state index is 0.233. The Bertz CT molecular complexity index is 882. The molecule has 1 aliphatic rings. The van der Waals surface area contributed by atoms with Crippen molar-refractivity contribution in [2.45, 2.75) is 51.0 Å². The Kier molecular flexibility index (Phi) is 6.70. The average molecular weight is 419 g/mol. The number of nitrogens with one attached hydrogen (secondary N) is 2. The van der Waals surface area contributed by atoms with Gasteiger partial charge in [0.25, 0.3) is 0 Å². The molecule has 0 unspecified atom stereocenters. The van der Waals surface area contributed by atoms with E-state index in [1.807, 2.05) is 36.4 Å². The Balaban J connectivity index is 1.51. The van der Waals surface area contributed by atoms with Gasteiger partial charge in [-0.25, -0.2) is 8.42 Å². The van der Waals surface area contributed by atoms with E-state index in [-0.39, 0.29) is 6.10 Å². The number of anilines is 2. The van der Waals surface area contributed by atoms with Gasteiger partial charge >= 0.3 is 0 Å². The van der Waals surface area contributed by atoms with Gasteiger partial charge in [-0.2, -0.15) is 0 Å². The van der Waals surface area contributed by atoms with Crippen molar-refractivity contribution in [2.24, 2.45) is 0 Å². The van der Waals surface area contributed by atoms with E-state index in [9.17, 15) is 8.42 Å². The molecule has 0 saturated carbocycles. The van der Waals surface area contributed by atoms with E-state index >= 15 is 0 Å². The summed E-state index contributed by atoms with van der Waals surface area (Å²) in [7, 11) is -3.42. The molecule has 0 amide bonds. The zero-order chi connectivity index (χ0) is 20.9. The molecule has 3 rings (SSSR count). The van der Waals surface area contributed by atoms with E-state index in [0.717, 1.165) is 43.1 Å². The molecular formula is C22H30N2O4S. The van der Waals surface area contributed by atoms with Gasteiger partial charge in [-0.15, -0.1) is 0 Å². The molecule has 2 N–H and O–H groups in total. The molecule has 0 radical (unpaired) electrons. The first-order valence-corrected chi connectivity index (χ1v) is 11.4. The van der Waals surface area contributed by atoms with Crippen molar-refractivity contribution in [1.29, 1.82) is 0 Å². The van der Waals surface area contributed by atoms with Crippen LogP contribution in [-0.4, -0.2) is 32.5 Å². The second-order valence-electron chi connectivity index (χ2n) is 8.22. The standard InChI is InChI=1S/C22H30N2O4S/c1-22(2,3)29(25,26)24-19-6-4-17(5-7-19)16-23-18-8-10-20(11-9-18)28-21-12-14-27-15-13-21/h4-11,21,23-24H,12-16H2,1-3H3. The van der Waals surface area contributed by atoms with Crippen molar-refractivity contribution in [1.82, 2.24) is 0 Å². The van der Waals surface area contributed by atoms with Crippen LogP contribution in [0.3, 0.4) is 0 Å². The van der Waals surface area contributed by atoms with E-state index in [0.29, 0.717) is 12.2 Å². The molecule has 6 nitrogen and oxygen atoms in total. The third kappa shape index (κ3) is 6.11. The van der Waals surface area contributed by atoms with Crippen molar-refractivity contribution in [2.75, 3.05) is 23.3 Å². The molecule has 0 atom stereocenters. The number of benzene rings is 2. The lowest BCUT2D eigenvalue weighted by molar-refractivity contribution is 0.0256. The Hall–Kier alpha value is -2.25. The summed E-state index contributed by atoms with van der Waals surface area (Å²) < 4.78 is 37.6. The smallest absolute Gasteiger partial charge is 0.237 e. The maximum atomic E-state index is 12.2. The summed E-state index contributed by atoms with van der Waals surface area (Å²) in [4.78, 5) is 0. The summed E-state index contributed by atoms with van der Waals surface area (Å²) in [5.74, 6) is 0.873. The minimum Gasteiger partial charge on any atom is -0.490 e. The summed E-state index contributed by atoms with van der Waals surface area (Å²) in [5, 5.41) is 3.37. The van der Waals surface area contributed by atoms with Crippen molar-refractivity contribution < 1.29 is 17.9 Å². The average Bonchev–Trinajstić information content (AvgIpc) is 2.68. The van der Waals surface area contributed by atoms with Gasteiger partial charge in [0.15, 0.2) is 0 Å². The van der Waals surface area contributed by atoms with Crippen LogP contribution in [0.15, 0.2) is 48.5 Å². The molecule has 0 aliphatic carbocycles. The molecule has 0 bridgehead atoms. The molecule has 158 valence electrons. The zero-order valence-corrected chi connectivity index (χ0v) is 18.1. The second-order valence-corrected chi connectivity index (χ2v) is 10.7. The lowest BCUT2D eigenvalue weighted by Crippen LogP contribution is -2.33. The molecule has 2 aromatic carbocycles. The molecule has 1 fully saturated rings. The van der Waals surface area contributed by atoms with Crippen molar-refractivity contribution >= 4 is 21.4 Å². The first-order chi connectivity index (χ1) is 13.7. The predicted molar refractivity (Wildman–Crippen MR) is 117 cm³/mol. The summed E-state index contributed by atoms with van der Waals surface area (Å²) in [6, 6.07) is 15.3. The van der Waals surface area contributed by atoms with Gasteiger partial charge in [0.2, 0.25) is 10.0 Å². The van der Waals surface area contributed by atoms with Crippen LogP contribution in [0.2, 0.25) is 0 Å². The van der Waals surface area contributed by atoms with E-state index in [1.165, 1.54) is 0 Å². The van der Waals surface area contributed by atoms with Gasteiger partial charge in [-0.1, -0.05) is 12.1 Å². The van der Waals surface area contributed by atoms with Gasteiger partial charge in [0, 0.05) is 30.8 Å². The fraction of sp³-hybridized carbons (Fsp3) is 0.455. The third-order valence-electron chi connectivity index (χ3n) is 4.83. The summed E-state index contributed by atoms with van der Waals surface area (Å²) in [6.07, 6.45) is 2.10. The van der Waals surface area contributed by atoms with E-state index in [1.54, 1.807) is 32.9 Å². The van der Waals surface area contributed by atoms with Crippen LogP contribution in [0.1, 0.15) is 39.2 Å². The molecule has 29 heavy (non-hydrogen) atoms. The first-order valence-electron chi connectivity index (χ1n) is 9.93. The largest absolute Gasteiger partial charge is 0.490 e. The van der Waals surface area contributed by atoms with Crippen LogP contribution in [0, 0.1) is 0 Å². The number of hydrogen-bond donors (Lipinski definition) is 2. The Morgan fingerprint density at radius 3 is 2.14 bits per heavy atom. The number of ether oxygens (including phenoxy) is 2.